The number of nitrogens with two attached hydrogens (primary N) is 1. The zero-order valence-electron chi connectivity index (χ0n) is 5.83. The molecule has 1 heterocycles. The second kappa shape index (κ2) is 3.34. The summed E-state index contributed by atoms with van der Waals surface area (Å²) >= 11 is 1.32. The first-order valence-electron chi connectivity index (χ1n) is 2.98. The SMILES string of the molecule is [CH2]NC(=O)Cc1csc(N)n1. The predicted molar refractivity (Wildman–Crippen MR) is 43.7 cm³/mol. The van der Waals surface area contributed by atoms with Crippen LogP contribution in [0.15, 0.2) is 5.38 Å². The van der Waals surface area contributed by atoms with Crippen LogP contribution in [-0.4, -0.2) is 10.9 Å². The van der Waals surface area contributed by atoms with E-state index in [0.717, 1.165) is 0 Å². The van der Waals surface area contributed by atoms with Crippen molar-refractivity contribution < 1.29 is 4.79 Å². The summed E-state index contributed by atoms with van der Waals surface area (Å²) in [5.41, 5.74) is 6.04. The van der Waals surface area contributed by atoms with E-state index in [4.69, 9.17) is 5.73 Å². The Hall–Kier alpha value is -1.10. The van der Waals surface area contributed by atoms with Crippen molar-refractivity contribution in [2.75, 3.05) is 5.73 Å². The van der Waals surface area contributed by atoms with Crippen LogP contribution in [0, 0.1) is 7.05 Å². The lowest BCUT2D eigenvalue weighted by Crippen LogP contribution is -2.17. The molecule has 0 aliphatic rings. The van der Waals surface area contributed by atoms with E-state index in [1.807, 2.05) is 0 Å². The lowest BCUT2D eigenvalue weighted by atomic mass is 10.3. The number of nitrogens with one attached hydrogen (secondary N) is 1. The Bertz CT molecular complexity index is 258. The number of nitrogens with zero attached hydrogens (tertiary/aromatic N) is 1. The normalized spacial score (nSPS) is 9.55. The fourth-order valence-electron chi connectivity index (χ4n) is 0.631. The van der Waals surface area contributed by atoms with Gasteiger partial charge in [-0.3, -0.25) is 4.79 Å². The molecule has 59 valence electrons. The van der Waals surface area contributed by atoms with E-state index in [-0.39, 0.29) is 12.3 Å². The van der Waals surface area contributed by atoms with E-state index < -0.39 is 0 Å². The monoisotopic (exact) mass is 170 g/mol. The number of hydrogen-bond acceptors (Lipinski definition) is 4. The molecule has 0 fully saturated rings. The van der Waals surface area contributed by atoms with Gasteiger partial charge in [-0.1, -0.05) is 0 Å². The van der Waals surface area contributed by atoms with E-state index >= 15 is 0 Å². The molecule has 1 aromatic heterocycles. The fraction of sp³-hybridized carbons (Fsp3) is 0.167. The Morgan fingerprint density at radius 3 is 3.09 bits per heavy atom. The zero-order chi connectivity index (χ0) is 8.27. The summed E-state index contributed by atoms with van der Waals surface area (Å²) in [6, 6.07) is 0. The summed E-state index contributed by atoms with van der Waals surface area (Å²) in [4.78, 5) is 14.6. The van der Waals surface area contributed by atoms with Crippen molar-refractivity contribution in [1.29, 1.82) is 0 Å². The number of aromatic nitrogens is 1. The number of carbonyl (C=O) groups excluding carboxylic acids is 1. The Balaban J connectivity index is 2.57. The third kappa shape index (κ3) is 2.19. The van der Waals surface area contributed by atoms with Crippen LogP contribution in [0.4, 0.5) is 5.13 Å². The summed E-state index contributed by atoms with van der Waals surface area (Å²) in [5.74, 6) is -0.157. The van der Waals surface area contributed by atoms with E-state index in [2.05, 4.69) is 17.3 Å². The predicted octanol–water partition coefficient (Wildman–Crippen LogP) is 0.176. The molecular formula is C6H8N3OS. The van der Waals surface area contributed by atoms with Crippen LogP contribution in [0.25, 0.3) is 0 Å². The number of amides is 1. The zero-order valence-corrected chi connectivity index (χ0v) is 6.65. The van der Waals surface area contributed by atoms with Crippen molar-refractivity contribution in [1.82, 2.24) is 10.3 Å². The molecule has 5 heteroatoms. The highest BCUT2D eigenvalue weighted by Gasteiger charge is 2.03. The van der Waals surface area contributed by atoms with Gasteiger partial charge < -0.3 is 11.1 Å². The van der Waals surface area contributed by atoms with E-state index in [1.54, 1.807) is 5.38 Å². The minimum atomic E-state index is -0.157. The molecule has 0 atom stereocenters. The molecule has 0 bridgehead atoms. The van der Waals surface area contributed by atoms with Crippen molar-refractivity contribution in [3.05, 3.63) is 18.1 Å². The van der Waals surface area contributed by atoms with Gasteiger partial charge in [0.15, 0.2) is 5.13 Å². The van der Waals surface area contributed by atoms with Gasteiger partial charge in [-0.25, -0.2) is 4.98 Å². The van der Waals surface area contributed by atoms with Gasteiger partial charge in [0, 0.05) is 12.4 Å². The van der Waals surface area contributed by atoms with Crippen LogP contribution >= 0.6 is 11.3 Å². The maximum absolute atomic E-state index is 10.7. The highest BCUT2D eigenvalue weighted by atomic mass is 32.1. The highest BCUT2D eigenvalue weighted by molar-refractivity contribution is 7.13. The van der Waals surface area contributed by atoms with Gasteiger partial charge in [0.25, 0.3) is 0 Å². The quantitative estimate of drug-likeness (QED) is 0.665. The van der Waals surface area contributed by atoms with Crippen molar-refractivity contribution in [2.24, 2.45) is 0 Å². The van der Waals surface area contributed by atoms with Crippen molar-refractivity contribution in [3.63, 3.8) is 0 Å². The van der Waals surface area contributed by atoms with Gasteiger partial charge in [-0.05, 0) is 0 Å². The van der Waals surface area contributed by atoms with Gasteiger partial charge in [0.2, 0.25) is 5.91 Å². The summed E-state index contributed by atoms with van der Waals surface area (Å²) in [6.07, 6.45) is 0.247. The molecule has 1 amide bonds. The largest absolute Gasteiger partial charge is 0.375 e. The summed E-state index contributed by atoms with van der Waals surface area (Å²) in [6.45, 7) is 0. The number of anilines is 1. The van der Waals surface area contributed by atoms with Crippen LogP contribution in [0.2, 0.25) is 0 Å². The molecule has 1 rings (SSSR count). The molecule has 3 N–H and O–H groups in total. The number of carbonyl (C=O) groups is 1. The standard InChI is InChI=1S/C6H8N3OS/c1-8-5(10)2-4-3-11-6(7)9-4/h3H,1-2H2,(H2,7,9)(H,8,10). The summed E-state index contributed by atoms with van der Waals surface area (Å²) in [7, 11) is 3.23. The molecule has 11 heavy (non-hydrogen) atoms. The van der Waals surface area contributed by atoms with Crippen LogP contribution in [0.1, 0.15) is 5.69 Å². The van der Waals surface area contributed by atoms with Gasteiger partial charge >= 0.3 is 0 Å². The molecule has 0 aliphatic carbocycles. The first-order valence-corrected chi connectivity index (χ1v) is 3.86. The molecule has 0 unspecified atom stereocenters. The molecule has 0 spiro atoms. The lowest BCUT2D eigenvalue weighted by Gasteiger charge is -1.93. The van der Waals surface area contributed by atoms with E-state index in [0.29, 0.717) is 10.8 Å². The fourth-order valence-corrected chi connectivity index (χ4v) is 1.19. The van der Waals surface area contributed by atoms with Crippen molar-refractivity contribution in [3.8, 4) is 0 Å². The molecule has 1 aromatic rings. The minimum absolute atomic E-state index is 0.157. The average molecular weight is 170 g/mol. The topological polar surface area (TPSA) is 68.0 Å². The highest BCUT2D eigenvalue weighted by Crippen LogP contribution is 2.10. The smallest absolute Gasteiger partial charge is 0.226 e. The maximum Gasteiger partial charge on any atom is 0.226 e. The maximum atomic E-state index is 10.7. The Morgan fingerprint density at radius 2 is 2.64 bits per heavy atom. The third-order valence-electron chi connectivity index (χ3n) is 1.11. The number of rotatable bonds is 2. The minimum Gasteiger partial charge on any atom is -0.375 e. The van der Waals surface area contributed by atoms with Crippen molar-refractivity contribution in [2.45, 2.75) is 6.42 Å². The molecule has 1 radical (unpaired) electrons. The van der Waals surface area contributed by atoms with Gasteiger partial charge in [-0.15, -0.1) is 11.3 Å². The third-order valence-corrected chi connectivity index (χ3v) is 1.83. The second-order valence-electron chi connectivity index (χ2n) is 1.95. The van der Waals surface area contributed by atoms with Gasteiger partial charge in [0.05, 0.1) is 12.1 Å². The molecule has 0 saturated heterocycles. The molecule has 0 saturated carbocycles. The molecule has 0 aromatic carbocycles. The van der Waals surface area contributed by atoms with Crippen LogP contribution < -0.4 is 11.1 Å². The summed E-state index contributed by atoms with van der Waals surface area (Å²) < 4.78 is 0. The Labute approximate surface area is 68.4 Å². The first kappa shape index (κ1) is 8.00. The average Bonchev–Trinajstić information content (AvgIpc) is 2.35. The number of thiazole rings is 1. The second-order valence-corrected chi connectivity index (χ2v) is 2.84. The number of hydrogen-bond donors (Lipinski definition) is 2. The van der Waals surface area contributed by atoms with Crippen LogP contribution in [-0.2, 0) is 11.2 Å². The van der Waals surface area contributed by atoms with E-state index in [1.165, 1.54) is 11.3 Å². The van der Waals surface area contributed by atoms with E-state index in [9.17, 15) is 4.79 Å². The summed E-state index contributed by atoms with van der Waals surface area (Å²) in [5, 5.41) is 4.50. The molecule has 0 aliphatic heterocycles. The van der Waals surface area contributed by atoms with Crippen molar-refractivity contribution >= 4 is 22.4 Å². The Morgan fingerprint density at radius 1 is 1.91 bits per heavy atom. The van der Waals surface area contributed by atoms with Gasteiger partial charge in [-0.2, -0.15) is 0 Å². The lowest BCUT2D eigenvalue weighted by molar-refractivity contribution is -0.119. The van der Waals surface area contributed by atoms with Gasteiger partial charge in [0.1, 0.15) is 0 Å². The first-order chi connectivity index (χ1) is 5.22. The van der Waals surface area contributed by atoms with Crippen LogP contribution in [0.3, 0.4) is 0 Å². The van der Waals surface area contributed by atoms with Crippen LogP contribution in [0.5, 0.6) is 0 Å². The number of nitrogen functional groups attached to an aromatic ring is 1. The molecule has 4 nitrogen and oxygen atoms in total. The molecular weight excluding hydrogens is 162 g/mol. The Kier molecular flexibility index (Phi) is 2.43.